The van der Waals surface area contributed by atoms with Crippen molar-refractivity contribution in [1.82, 2.24) is 10.3 Å². The highest BCUT2D eigenvalue weighted by Crippen LogP contribution is 1.94. The van der Waals surface area contributed by atoms with E-state index in [1.165, 1.54) is 0 Å². The highest BCUT2D eigenvalue weighted by atomic mass is 16.3. The molecule has 1 amide bonds. The van der Waals surface area contributed by atoms with Gasteiger partial charge in [0.2, 0.25) is 0 Å². The summed E-state index contributed by atoms with van der Waals surface area (Å²) in [7, 11) is 0. The van der Waals surface area contributed by atoms with Gasteiger partial charge in [0.1, 0.15) is 5.69 Å². The van der Waals surface area contributed by atoms with Crippen molar-refractivity contribution >= 4 is 5.91 Å². The first kappa shape index (κ1) is 9.80. The summed E-state index contributed by atoms with van der Waals surface area (Å²) in [6, 6.07) is 3.44. The molecule has 0 radical (unpaired) electrons. The Bertz CT molecular complexity index is 257. The maximum atomic E-state index is 11.3. The van der Waals surface area contributed by atoms with Gasteiger partial charge in [0.05, 0.1) is 6.10 Å². The summed E-state index contributed by atoms with van der Waals surface area (Å²) in [5, 5.41) is 11.8. The summed E-state index contributed by atoms with van der Waals surface area (Å²) >= 11 is 0. The first-order chi connectivity index (χ1) is 6.24. The Morgan fingerprint density at radius 1 is 1.77 bits per heavy atom. The van der Waals surface area contributed by atoms with Crippen LogP contribution in [-0.4, -0.2) is 28.6 Å². The number of hydrogen-bond acceptors (Lipinski definition) is 2. The summed E-state index contributed by atoms with van der Waals surface area (Å²) in [4.78, 5) is 14.1. The summed E-state index contributed by atoms with van der Waals surface area (Å²) in [5.41, 5.74) is 0.517. The molecule has 0 spiro atoms. The number of carbonyl (C=O) groups is 1. The standard InChI is InChI=1S/C9H14N2O2/c1-2-7(12)6-11-9(13)8-4-3-5-10-8/h3-5,7,10,12H,2,6H2,1H3,(H,11,13). The lowest BCUT2D eigenvalue weighted by molar-refractivity contribution is 0.0909. The number of nitrogens with one attached hydrogen (secondary N) is 2. The molecule has 0 fully saturated rings. The Hall–Kier alpha value is -1.29. The van der Waals surface area contributed by atoms with Crippen LogP contribution in [0.25, 0.3) is 0 Å². The molecule has 1 rings (SSSR count). The van der Waals surface area contributed by atoms with Crippen LogP contribution in [-0.2, 0) is 0 Å². The zero-order chi connectivity index (χ0) is 9.68. The van der Waals surface area contributed by atoms with Crippen molar-refractivity contribution < 1.29 is 9.90 Å². The van der Waals surface area contributed by atoms with Crippen LogP contribution in [0.3, 0.4) is 0 Å². The predicted octanol–water partition coefficient (Wildman–Crippen LogP) is 0.515. The van der Waals surface area contributed by atoms with E-state index in [-0.39, 0.29) is 5.91 Å². The number of hydrogen-bond donors (Lipinski definition) is 3. The van der Waals surface area contributed by atoms with Crippen LogP contribution in [0.4, 0.5) is 0 Å². The van der Waals surface area contributed by atoms with E-state index in [2.05, 4.69) is 10.3 Å². The molecule has 1 aromatic heterocycles. The number of aromatic amines is 1. The fourth-order valence-corrected chi connectivity index (χ4v) is 0.922. The van der Waals surface area contributed by atoms with Gasteiger partial charge in [-0.05, 0) is 18.6 Å². The highest BCUT2D eigenvalue weighted by Gasteiger charge is 2.07. The van der Waals surface area contributed by atoms with Crippen LogP contribution in [0.1, 0.15) is 23.8 Å². The number of rotatable bonds is 4. The molecule has 0 aliphatic rings. The van der Waals surface area contributed by atoms with Crippen LogP contribution in [0, 0.1) is 0 Å². The van der Waals surface area contributed by atoms with Crippen molar-refractivity contribution in [3.8, 4) is 0 Å². The van der Waals surface area contributed by atoms with Gasteiger partial charge in [0.25, 0.3) is 5.91 Å². The monoisotopic (exact) mass is 182 g/mol. The molecule has 1 atom stereocenters. The largest absolute Gasteiger partial charge is 0.391 e. The molecule has 0 bridgehead atoms. The minimum Gasteiger partial charge on any atom is -0.391 e. The van der Waals surface area contributed by atoms with Crippen molar-refractivity contribution in [2.24, 2.45) is 0 Å². The lowest BCUT2D eigenvalue weighted by Gasteiger charge is -2.08. The number of aliphatic hydroxyl groups excluding tert-OH is 1. The van der Waals surface area contributed by atoms with Crippen LogP contribution in [0.2, 0.25) is 0 Å². The molecule has 4 heteroatoms. The average molecular weight is 182 g/mol. The van der Waals surface area contributed by atoms with Gasteiger partial charge in [-0.1, -0.05) is 6.92 Å². The SMILES string of the molecule is CCC(O)CNC(=O)c1ccc[nH]1. The van der Waals surface area contributed by atoms with E-state index in [1.54, 1.807) is 18.3 Å². The first-order valence-corrected chi connectivity index (χ1v) is 4.33. The highest BCUT2D eigenvalue weighted by molar-refractivity contribution is 5.92. The maximum Gasteiger partial charge on any atom is 0.267 e. The number of aromatic nitrogens is 1. The summed E-state index contributed by atoms with van der Waals surface area (Å²) in [6.07, 6.45) is 1.87. The van der Waals surface area contributed by atoms with E-state index in [0.29, 0.717) is 18.7 Å². The smallest absolute Gasteiger partial charge is 0.267 e. The summed E-state index contributed by atoms with van der Waals surface area (Å²) < 4.78 is 0. The second-order valence-corrected chi connectivity index (χ2v) is 2.86. The molecule has 0 saturated carbocycles. The zero-order valence-electron chi connectivity index (χ0n) is 7.58. The molecular weight excluding hydrogens is 168 g/mol. The predicted molar refractivity (Wildman–Crippen MR) is 49.4 cm³/mol. The van der Waals surface area contributed by atoms with Crippen LogP contribution in [0.5, 0.6) is 0 Å². The molecule has 1 aromatic rings. The molecule has 1 heterocycles. The molecule has 0 saturated heterocycles. The first-order valence-electron chi connectivity index (χ1n) is 4.33. The number of amides is 1. The molecule has 0 aromatic carbocycles. The van der Waals surface area contributed by atoms with E-state index < -0.39 is 6.10 Å². The van der Waals surface area contributed by atoms with Gasteiger partial charge < -0.3 is 15.4 Å². The lowest BCUT2D eigenvalue weighted by Crippen LogP contribution is -2.31. The molecular formula is C9H14N2O2. The number of carbonyl (C=O) groups excluding carboxylic acids is 1. The topological polar surface area (TPSA) is 65.1 Å². The molecule has 0 aliphatic carbocycles. The molecule has 72 valence electrons. The molecule has 13 heavy (non-hydrogen) atoms. The van der Waals surface area contributed by atoms with Crippen molar-refractivity contribution in [1.29, 1.82) is 0 Å². The lowest BCUT2D eigenvalue weighted by atomic mass is 10.3. The average Bonchev–Trinajstić information content (AvgIpc) is 2.66. The third kappa shape index (κ3) is 2.91. The van der Waals surface area contributed by atoms with Crippen LogP contribution in [0.15, 0.2) is 18.3 Å². The van der Waals surface area contributed by atoms with Gasteiger partial charge in [-0.25, -0.2) is 0 Å². The molecule has 4 nitrogen and oxygen atoms in total. The Labute approximate surface area is 77.0 Å². The Kier molecular flexibility index (Phi) is 3.52. The molecule has 3 N–H and O–H groups in total. The van der Waals surface area contributed by atoms with Gasteiger partial charge in [-0.2, -0.15) is 0 Å². The Morgan fingerprint density at radius 3 is 3.08 bits per heavy atom. The van der Waals surface area contributed by atoms with E-state index in [1.807, 2.05) is 6.92 Å². The maximum absolute atomic E-state index is 11.3. The number of aliphatic hydroxyl groups is 1. The Balaban J connectivity index is 2.35. The van der Waals surface area contributed by atoms with Gasteiger partial charge in [-0.15, -0.1) is 0 Å². The third-order valence-corrected chi connectivity index (χ3v) is 1.81. The van der Waals surface area contributed by atoms with Gasteiger partial charge >= 0.3 is 0 Å². The van der Waals surface area contributed by atoms with E-state index in [4.69, 9.17) is 0 Å². The fraction of sp³-hybridized carbons (Fsp3) is 0.444. The quantitative estimate of drug-likeness (QED) is 0.635. The summed E-state index contributed by atoms with van der Waals surface area (Å²) in [5.74, 6) is -0.183. The summed E-state index contributed by atoms with van der Waals surface area (Å²) in [6.45, 7) is 2.17. The van der Waals surface area contributed by atoms with Crippen LogP contribution < -0.4 is 5.32 Å². The van der Waals surface area contributed by atoms with Gasteiger partial charge in [0, 0.05) is 12.7 Å². The zero-order valence-corrected chi connectivity index (χ0v) is 7.58. The van der Waals surface area contributed by atoms with Crippen molar-refractivity contribution in [2.45, 2.75) is 19.4 Å². The number of H-pyrrole nitrogens is 1. The van der Waals surface area contributed by atoms with Crippen molar-refractivity contribution in [2.75, 3.05) is 6.54 Å². The second kappa shape index (κ2) is 4.67. The minimum absolute atomic E-state index is 0.183. The van der Waals surface area contributed by atoms with E-state index in [0.717, 1.165) is 0 Å². The van der Waals surface area contributed by atoms with Crippen molar-refractivity contribution in [3.05, 3.63) is 24.0 Å². The van der Waals surface area contributed by atoms with E-state index >= 15 is 0 Å². The van der Waals surface area contributed by atoms with Crippen LogP contribution >= 0.6 is 0 Å². The third-order valence-electron chi connectivity index (χ3n) is 1.81. The second-order valence-electron chi connectivity index (χ2n) is 2.86. The van der Waals surface area contributed by atoms with E-state index in [9.17, 15) is 9.90 Å². The molecule has 0 aliphatic heterocycles. The fourth-order valence-electron chi connectivity index (χ4n) is 0.922. The van der Waals surface area contributed by atoms with Crippen molar-refractivity contribution in [3.63, 3.8) is 0 Å². The van der Waals surface area contributed by atoms with Gasteiger partial charge in [0.15, 0.2) is 0 Å². The van der Waals surface area contributed by atoms with Gasteiger partial charge in [-0.3, -0.25) is 4.79 Å². The Morgan fingerprint density at radius 2 is 2.54 bits per heavy atom. The normalized spacial score (nSPS) is 12.5. The molecule has 1 unspecified atom stereocenters. The minimum atomic E-state index is -0.459.